The Hall–Kier alpha value is -4.37. The number of hydrogen-bond donors (Lipinski definition) is 2. The molecule has 9 nitrogen and oxygen atoms in total. The maximum atomic E-state index is 13.9. The van der Waals surface area contributed by atoms with Crippen LogP contribution in [0.15, 0.2) is 60.9 Å². The number of carbonyl (C=O) groups excluding carboxylic acids is 3. The number of nitrogens with one attached hydrogen (secondary N) is 2. The Morgan fingerprint density at radius 3 is 2.64 bits per heavy atom. The number of aromatic nitrogens is 2. The molecule has 4 atom stereocenters. The second-order valence-electron chi connectivity index (χ2n) is 13.1. The predicted molar refractivity (Wildman–Crippen MR) is 173 cm³/mol. The van der Waals surface area contributed by atoms with Gasteiger partial charge in [-0.3, -0.25) is 19.4 Å². The number of fused-ring (bicyclic) bond motifs is 4. The minimum atomic E-state index is -0.795. The molecule has 0 saturated carbocycles. The van der Waals surface area contributed by atoms with E-state index in [1.807, 2.05) is 29.2 Å². The Morgan fingerprint density at radius 1 is 0.956 bits per heavy atom. The molecule has 2 aromatic heterocycles. The van der Waals surface area contributed by atoms with Crippen LogP contribution in [0.2, 0.25) is 0 Å². The molecule has 7 rings (SSSR count). The number of benzene rings is 1. The minimum absolute atomic E-state index is 0.00373. The van der Waals surface area contributed by atoms with Gasteiger partial charge >= 0.3 is 0 Å². The first-order valence-corrected chi connectivity index (χ1v) is 16.1. The molecule has 3 aliphatic heterocycles. The highest BCUT2D eigenvalue weighted by molar-refractivity contribution is 6.06. The average Bonchev–Trinajstić information content (AvgIpc) is 3.56. The van der Waals surface area contributed by atoms with Crippen molar-refractivity contribution in [1.29, 1.82) is 0 Å². The number of rotatable bonds is 1. The number of anilines is 1. The van der Waals surface area contributed by atoms with Crippen molar-refractivity contribution in [3.05, 3.63) is 94.4 Å². The summed E-state index contributed by atoms with van der Waals surface area (Å²) in [6.45, 7) is 4.42. The zero-order valence-corrected chi connectivity index (χ0v) is 26.0. The molecule has 0 radical (unpaired) electrons. The summed E-state index contributed by atoms with van der Waals surface area (Å²) >= 11 is 0. The Balaban J connectivity index is 1.22. The van der Waals surface area contributed by atoms with Gasteiger partial charge in [0.15, 0.2) is 0 Å². The number of nitrogens with zero attached hydrogens (tertiary/aromatic N) is 4. The first-order chi connectivity index (χ1) is 21.8. The highest BCUT2D eigenvalue weighted by atomic mass is 16.2. The van der Waals surface area contributed by atoms with E-state index in [4.69, 9.17) is 0 Å². The van der Waals surface area contributed by atoms with Crippen LogP contribution in [-0.4, -0.2) is 76.3 Å². The van der Waals surface area contributed by atoms with Crippen molar-refractivity contribution < 1.29 is 14.4 Å². The molecule has 3 unspecified atom stereocenters. The molecule has 232 valence electrons. The van der Waals surface area contributed by atoms with Crippen molar-refractivity contribution in [2.75, 3.05) is 32.0 Å². The third-order valence-electron chi connectivity index (χ3n) is 10.2. The number of allylic oxidation sites excluding steroid dienone is 1. The van der Waals surface area contributed by atoms with Gasteiger partial charge in [-0.25, -0.2) is 4.98 Å². The Labute approximate surface area is 264 Å². The molecule has 5 heterocycles. The third kappa shape index (κ3) is 5.43. The Morgan fingerprint density at radius 2 is 1.80 bits per heavy atom. The van der Waals surface area contributed by atoms with Crippen LogP contribution >= 0.6 is 0 Å². The molecule has 1 aliphatic carbocycles. The van der Waals surface area contributed by atoms with Crippen molar-refractivity contribution in [3.63, 3.8) is 0 Å². The second kappa shape index (κ2) is 11.9. The van der Waals surface area contributed by atoms with E-state index >= 15 is 0 Å². The summed E-state index contributed by atoms with van der Waals surface area (Å²) in [6.07, 6.45) is 12.1. The maximum Gasteiger partial charge on any atom is 0.253 e. The summed E-state index contributed by atoms with van der Waals surface area (Å²) in [7, 11) is 2.11. The number of amides is 3. The molecular weight excluding hydrogens is 564 g/mol. The van der Waals surface area contributed by atoms with Crippen LogP contribution in [0.1, 0.15) is 76.8 Å². The fraction of sp³-hybridized carbons (Fsp3) is 0.417. The standard InChI is InChI=1S/C36H40N6O3/c1-23-28(25-11-7-5-8-12-25)18-30-34(44)42(23)15-14-41(2)13-9-4-3-6-10-24-16-29-32(38-21-24)40-35(45)36(29)19-26-17-27(33(43)39-30)22-37-31(26)20-36/h5-8,10-12,16-17,21-23,28,30H,3-4,9,13-15,18-20H2,1-2H3,(H,39,43)(H,38,40,45)/b10-6+/t23?,28?,30?,36-/m0/s1. The quantitative estimate of drug-likeness (QED) is 0.433. The summed E-state index contributed by atoms with van der Waals surface area (Å²) in [4.78, 5) is 54.6. The summed E-state index contributed by atoms with van der Waals surface area (Å²) in [5.74, 6) is 0.245. The van der Waals surface area contributed by atoms with Crippen molar-refractivity contribution in [2.24, 2.45) is 0 Å². The number of hydrogen-bond acceptors (Lipinski definition) is 6. The zero-order chi connectivity index (χ0) is 31.1. The molecule has 3 aromatic rings. The summed E-state index contributed by atoms with van der Waals surface area (Å²) in [5.41, 5.74) is 4.33. The van der Waals surface area contributed by atoms with Gasteiger partial charge in [-0.05, 0) is 81.4 Å². The van der Waals surface area contributed by atoms with Crippen molar-refractivity contribution in [2.45, 2.75) is 68.9 Å². The topological polar surface area (TPSA) is 108 Å². The van der Waals surface area contributed by atoms with E-state index in [1.165, 1.54) is 5.56 Å². The fourth-order valence-electron chi connectivity index (χ4n) is 7.60. The molecule has 7 bridgehead atoms. The van der Waals surface area contributed by atoms with Gasteiger partial charge in [0.25, 0.3) is 5.91 Å². The van der Waals surface area contributed by atoms with Gasteiger partial charge in [-0.2, -0.15) is 0 Å². The van der Waals surface area contributed by atoms with Gasteiger partial charge < -0.3 is 20.4 Å². The maximum absolute atomic E-state index is 13.9. The van der Waals surface area contributed by atoms with E-state index in [-0.39, 0.29) is 29.7 Å². The lowest BCUT2D eigenvalue weighted by Gasteiger charge is -2.43. The normalized spacial score (nSPS) is 27.8. The lowest BCUT2D eigenvalue weighted by atomic mass is 9.79. The van der Waals surface area contributed by atoms with Crippen LogP contribution < -0.4 is 10.6 Å². The first kappa shape index (κ1) is 29.3. The minimum Gasteiger partial charge on any atom is -0.340 e. The van der Waals surface area contributed by atoms with Gasteiger partial charge in [-0.1, -0.05) is 42.5 Å². The summed E-state index contributed by atoms with van der Waals surface area (Å²) in [6, 6.07) is 13.6. The lowest BCUT2D eigenvalue weighted by Crippen LogP contribution is -2.59. The number of pyridine rings is 2. The van der Waals surface area contributed by atoms with Crippen LogP contribution in [0, 0.1) is 0 Å². The Kier molecular flexibility index (Phi) is 7.73. The SMILES string of the molecule is CC1C(c2ccccc2)CC2NC(=O)c3cnc4c(c3)C[C@@]3(C4)C(=O)Nc4ncc(cc43)/C=C/CCCCN(C)CCN1C2=O. The lowest BCUT2D eigenvalue weighted by molar-refractivity contribution is -0.139. The van der Waals surface area contributed by atoms with Gasteiger partial charge in [0.1, 0.15) is 11.9 Å². The van der Waals surface area contributed by atoms with Gasteiger partial charge in [0.05, 0.1) is 11.0 Å². The third-order valence-corrected chi connectivity index (χ3v) is 10.2. The van der Waals surface area contributed by atoms with Gasteiger partial charge in [-0.15, -0.1) is 0 Å². The average molecular weight is 605 g/mol. The molecule has 1 spiro atoms. The van der Waals surface area contributed by atoms with E-state index in [9.17, 15) is 14.4 Å². The number of likely N-dealkylation sites (N-methyl/N-ethyl adjacent to an activating group) is 1. The van der Waals surface area contributed by atoms with Crippen molar-refractivity contribution in [3.8, 4) is 0 Å². The van der Waals surface area contributed by atoms with E-state index in [0.717, 1.165) is 54.7 Å². The molecule has 3 amide bonds. The smallest absolute Gasteiger partial charge is 0.253 e. The fourth-order valence-corrected chi connectivity index (χ4v) is 7.60. The van der Waals surface area contributed by atoms with Crippen molar-refractivity contribution in [1.82, 2.24) is 25.1 Å². The van der Waals surface area contributed by atoms with Gasteiger partial charge in [0.2, 0.25) is 11.8 Å². The predicted octanol–water partition coefficient (Wildman–Crippen LogP) is 4.10. The highest BCUT2D eigenvalue weighted by Gasteiger charge is 2.52. The summed E-state index contributed by atoms with van der Waals surface area (Å²) in [5, 5.41) is 6.06. The molecular formula is C36H40N6O3. The van der Waals surface area contributed by atoms with E-state index < -0.39 is 11.5 Å². The molecule has 1 saturated heterocycles. The molecule has 9 heteroatoms. The first-order valence-electron chi connectivity index (χ1n) is 16.1. The molecule has 4 aliphatic rings. The summed E-state index contributed by atoms with van der Waals surface area (Å²) < 4.78 is 0. The largest absolute Gasteiger partial charge is 0.340 e. The zero-order valence-electron chi connectivity index (χ0n) is 26.0. The second-order valence-corrected chi connectivity index (χ2v) is 13.1. The number of piperidine rings is 1. The van der Waals surface area contributed by atoms with Crippen LogP contribution in [0.4, 0.5) is 5.82 Å². The molecule has 1 aromatic carbocycles. The van der Waals surface area contributed by atoms with E-state index in [1.54, 1.807) is 12.4 Å². The van der Waals surface area contributed by atoms with Crippen molar-refractivity contribution >= 4 is 29.6 Å². The van der Waals surface area contributed by atoms with Crippen LogP contribution in [0.5, 0.6) is 0 Å². The number of carbonyl (C=O) groups is 3. The van der Waals surface area contributed by atoms with Crippen LogP contribution in [0.3, 0.4) is 0 Å². The molecule has 45 heavy (non-hydrogen) atoms. The highest BCUT2D eigenvalue weighted by Crippen LogP contribution is 2.46. The monoisotopic (exact) mass is 604 g/mol. The van der Waals surface area contributed by atoms with Crippen LogP contribution in [0.25, 0.3) is 6.08 Å². The molecule has 2 N–H and O–H groups in total. The van der Waals surface area contributed by atoms with E-state index in [0.29, 0.717) is 37.2 Å². The molecule has 1 fully saturated rings. The Bertz CT molecular complexity index is 1670. The van der Waals surface area contributed by atoms with Crippen LogP contribution in [-0.2, 0) is 27.8 Å². The van der Waals surface area contributed by atoms with Gasteiger partial charge in [0, 0.05) is 55.1 Å². The van der Waals surface area contributed by atoms with E-state index in [2.05, 4.69) is 69.8 Å².